The lowest BCUT2D eigenvalue weighted by atomic mass is 9.84. The van der Waals surface area contributed by atoms with Crippen molar-refractivity contribution in [1.82, 2.24) is 0 Å². The third-order valence-electron chi connectivity index (χ3n) is 3.93. The smallest absolute Gasteiger partial charge is 0.331 e. The van der Waals surface area contributed by atoms with Gasteiger partial charge in [0.15, 0.2) is 6.04 Å². The fraction of sp³-hybridized carbons (Fsp3) is 0.591. The second-order valence-electron chi connectivity index (χ2n) is 8.83. The summed E-state index contributed by atoms with van der Waals surface area (Å²) >= 11 is 0. The second kappa shape index (κ2) is 9.16. The summed E-state index contributed by atoms with van der Waals surface area (Å²) in [4.78, 5) is 29.5. The first-order chi connectivity index (χ1) is 12.3. The third kappa shape index (κ3) is 7.53. The Kier molecular flexibility index (Phi) is 7.76. The maximum absolute atomic E-state index is 12.9. The Morgan fingerprint density at radius 2 is 1.59 bits per heavy atom. The number of aliphatic imine (C=N–C) groups is 1. The second-order valence-corrected chi connectivity index (χ2v) is 8.83. The molecule has 0 saturated carbocycles. The van der Waals surface area contributed by atoms with Crippen LogP contribution < -0.4 is 0 Å². The Balaban J connectivity index is 3.38. The van der Waals surface area contributed by atoms with Crippen LogP contribution in [0.15, 0.2) is 35.3 Å². The van der Waals surface area contributed by atoms with Gasteiger partial charge in [-0.25, -0.2) is 4.79 Å². The van der Waals surface area contributed by atoms with Crippen LogP contribution in [0.3, 0.4) is 0 Å². The highest BCUT2D eigenvalue weighted by Crippen LogP contribution is 2.26. The van der Waals surface area contributed by atoms with E-state index in [2.05, 4.69) is 20.8 Å². The molecule has 0 heterocycles. The molecule has 1 aromatic carbocycles. The predicted molar refractivity (Wildman–Crippen MR) is 108 cm³/mol. The number of rotatable bonds is 6. The molecule has 2 atom stereocenters. The molecule has 0 aromatic heterocycles. The molecule has 0 fully saturated rings. The van der Waals surface area contributed by atoms with Gasteiger partial charge in [0, 0.05) is 11.1 Å². The number of hydrogen-bond acceptors (Lipinski definition) is 5. The van der Waals surface area contributed by atoms with E-state index in [4.69, 9.17) is 14.5 Å². The van der Waals surface area contributed by atoms with Crippen LogP contribution in [-0.4, -0.2) is 36.4 Å². The molecule has 0 spiro atoms. The maximum atomic E-state index is 12.9. The number of esters is 2. The number of methoxy groups -OCH3 is 1. The lowest BCUT2D eigenvalue weighted by molar-refractivity contribution is -0.158. The first kappa shape index (κ1) is 22.9. The highest BCUT2D eigenvalue weighted by molar-refractivity contribution is 6.05. The van der Waals surface area contributed by atoms with E-state index in [0.29, 0.717) is 0 Å². The fourth-order valence-electron chi connectivity index (χ4n) is 2.67. The SMILES string of the molecule is COC(=O)C[C@@H](C)[C@@H](N=C(c1ccccc1)C(C)(C)C)C(=O)OC(C)(C)C. The van der Waals surface area contributed by atoms with Crippen LogP contribution in [0.25, 0.3) is 0 Å². The Morgan fingerprint density at radius 3 is 2.04 bits per heavy atom. The zero-order valence-electron chi connectivity index (χ0n) is 17.8. The van der Waals surface area contributed by atoms with Gasteiger partial charge in [-0.2, -0.15) is 0 Å². The molecule has 1 rings (SSSR count). The molecule has 0 bridgehead atoms. The summed E-state index contributed by atoms with van der Waals surface area (Å²) in [6, 6.07) is 8.98. The molecule has 0 aliphatic heterocycles. The molecule has 5 nitrogen and oxygen atoms in total. The Morgan fingerprint density at radius 1 is 1.04 bits per heavy atom. The average Bonchev–Trinajstić information content (AvgIpc) is 2.53. The van der Waals surface area contributed by atoms with E-state index in [-0.39, 0.29) is 23.7 Å². The molecule has 0 aliphatic rings. The molecular weight excluding hydrogens is 342 g/mol. The highest BCUT2D eigenvalue weighted by atomic mass is 16.6. The van der Waals surface area contributed by atoms with Crippen LogP contribution in [0.5, 0.6) is 0 Å². The zero-order chi connectivity index (χ0) is 20.8. The minimum atomic E-state index is -0.794. The molecule has 0 amide bonds. The summed E-state index contributed by atoms with van der Waals surface area (Å²) in [5, 5.41) is 0. The number of ether oxygens (including phenoxy) is 2. The standard InChI is InChI=1S/C22H33NO4/c1-15(14-17(24)26-8)18(20(25)27-22(5,6)7)23-19(21(2,3)4)16-12-10-9-11-13-16/h9-13,15,18H,14H2,1-8H3/t15-,18-/m1/s1. The lowest BCUT2D eigenvalue weighted by Crippen LogP contribution is -2.37. The van der Waals surface area contributed by atoms with Crippen molar-refractivity contribution in [2.24, 2.45) is 16.3 Å². The lowest BCUT2D eigenvalue weighted by Gasteiger charge is -2.28. The molecule has 0 N–H and O–H groups in total. The Hall–Kier alpha value is -2.17. The first-order valence-electron chi connectivity index (χ1n) is 9.28. The first-order valence-corrected chi connectivity index (χ1v) is 9.28. The van der Waals surface area contributed by atoms with Gasteiger partial charge in [0.05, 0.1) is 13.5 Å². The monoisotopic (exact) mass is 375 g/mol. The average molecular weight is 376 g/mol. The summed E-state index contributed by atoms with van der Waals surface area (Å²) in [6.07, 6.45) is 0.0934. The molecule has 150 valence electrons. The zero-order valence-corrected chi connectivity index (χ0v) is 17.8. The van der Waals surface area contributed by atoms with Crippen LogP contribution in [-0.2, 0) is 19.1 Å². The predicted octanol–water partition coefficient (Wildman–Crippen LogP) is 4.43. The maximum Gasteiger partial charge on any atom is 0.331 e. The van der Waals surface area contributed by atoms with Crippen molar-refractivity contribution in [1.29, 1.82) is 0 Å². The minimum Gasteiger partial charge on any atom is -0.469 e. The van der Waals surface area contributed by atoms with Gasteiger partial charge >= 0.3 is 11.9 Å². The van der Waals surface area contributed by atoms with Gasteiger partial charge < -0.3 is 9.47 Å². The van der Waals surface area contributed by atoms with Crippen LogP contribution in [0.1, 0.15) is 60.5 Å². The molecule has 0 unspecified atom stereocenters. The van der Waals surface area contributed by atoms with E-state index < -0.39 is 17.6 Å². The van der Waals surface area contributed by atoms with Crippen LogP contribution in [0, 0.1) is 11.3 Å². The summed E-state index contributed by atoms with van der Waals surface area (Å²) in [5.74, 6) is -1.16. The van der Waals surface area contributed by atoms with Crippen LogP contribution >= 0.6 is 0 Å². The quantitative estimate of drug-likeness (QED) is 0.545. The van der Waals surface area contributed by atoms with Gasteiger partial charge in [0.1, 0.15) is 5.60 Å². The van der Waals surface area contributed by atoms with Gasteiger partial charge in [0.2, 0.25) is 0 Å². The number of carbonyl (C=O) groups excluding carboxylic acids is 2. The number of hydrogen-bond donors (Lipinski definition) is 0. The van der Waals surface area contributed by atoms with E-state index >= 15 is 0 Å². The fourth-order valence-corrected chi connectivity index (χ4v) is 2.67. The van der Waals surface area contributed by atoms with Crippen molar-refractivity contribution in [3.63, 3.8) is 0 Å². The normalized spacial score (nSPS) is 15.0. The topological polar surface area (TPSA) is 65.0 Å². The van der Waals surface area contributed by atoms with Crippen molar-refractivity contribution in [2.45, 2.75) is 66.5 Å². The van der Waals surface area contributed by atoms with E-state index in [1.807, 2.05) is 58.0 Å². The van der Waals surface area contributed by atoms with E-state index in [1.165, 1.54) is 7.11 Å². The molecule has 27 heavy (non-hydrogen) atoms. The molecule has 0 radical (unpaired) electrons. The number of carbonyl (C=O) groups is 2. The van der Waals surface area contributed by atoms with Crippen molar-refractivity contribution < 1.29 is 19.1 Å². The van der Waals surface area contributed by atoms with Gasteiger partial charge in [-0.15, -0.1) is 0 Å². The van der Waals surface area contributed by atoms with Crippen molar-refractivity contribution in [3.8, 4) is 0 Å². The summed E-state index contributed by atoms with van der Waals surface area (Å²) < 4.78 is 10.4. The minimum absolute atomic E-state index is 0.0934. The molecule has 1 aromatic rings. The van der Waals surface area contributed by atoms with Gasteiger partial charge in [-0.1, -0.05) is 58.0 Å². The summed E-state index contributed by atoms with van der Waals surface area (Å²) in [7, 11) is 1.34. The number of nitrogens with zero attached hydrogens (tertiary/aromatic N) is 1. The van der Waals surface area contributed by atoms with Crippen LogP contribution in [0.2, 0.25) is 0 Å². The largest absolute Gasteiger partial charge is 0.469 e. The Bertz CT molecular complexity index is 666. The summed E-state index contributed by atoms with van der Waals surface area (Å²) in [5.41, 5.74) is 0.830. The van der Waals surface area contributed by atoms with Crippen molar-refractivity contribution >= 4 is 17.7 Å². The van der Waals surface area contributed by atoms with Crippen molar-refractivity contribution in [2.75, 3.05) is 7.11 Å². The van der Waals surface area contributed by atoms with Crippen LogP contribution in [0.4, 0.5) is 0 Å². The molecular formula is C22H33NO4. The molecule has 0 aliphatic carbocycles. The van der Waals surface area contributed by atoms with E-state index in [0.717, 1.165) is 11.3 Å². The van der Waals surface area contributed by atoms with Crippen molar-refractivity contribution in [3.05, 3.63) is 35.9 Å². The highest BCUT2D eigenvalue weighted by Gasteiger charge is 2.33. The number of benzene rings is 1. The third-order valence-corrected chi connectivity index (χ3v) is 3.93. The Labute approximate surface area is 163 Å². The van der Waals surface area contributed by atoms with E-state index in [1.54, 1.807) is 0 Å². The van der Waals surface area contributed by atoms with E-state index in [9.17, 15) is 9.59 Å². The summed E-state index contributed by atoms with van der Waals surface area (Å²) in [6.45, 7) is 13.4. The van der Waals surface area contributed by atoms with Gasteiger partial charge in [0.25, 0.3) is 0 Å². The molecule has 5 heteroatoms. The molecule has 0 saturated heterocycles. The van der Waals surface area contributed by atoms with Gasteiger partial charge in [-0.05, 0) is 32.3 Å². The van der Waals surface area contributed by atoms with Gasteiger partial charge in [-0.3, -0.25) is 9.79 Å².